The monoisotopic (exact) mass is 222 g/mol. The summed E-state index contributed by atoms with van der Waals surface area (Å²) in [4.78, 5) is 0. The molecule has 1 radical (unpaired) electrons. The number of aliphatic hydroxyl groups is 1. The molecule has 0 aliphatic carbocycles. The number of hydrogen-bond donors (Lipinski definition) is 1. The van der Waals surface area contributed by atoms with Gasteiger partial charge in [-0.3, -0.25) is 5.92 Å². The first-order chi connectivity index (χ1) is 5.29. The Morgan fingerprint density at radius 2 is 1.54 bits per heavy atom. The fraction of sp³-hybridized carbons (Fsp3) is 0.909. The summed E-state index contributed by atoms with van der Waals surface area (Å²) in [6, 6.07) is 0. The van der Waals surface area contributed by atoms with Crippen LogP contribution in [0, 0.1) is 11.3 Å². The minimum Gasteiger partial charge on any atom is -0.421 e. The van der Waals surface area contributed by atoms with Crippen molar-refractivity contribution in [3.05, 3.63) is 5.92 Å². The molecule has 0 spiro atoms. The Morgan fingerprint density at radius 1 is 1.15 bits per heavy atom. The van der Waals surface area contributed by atoms with Gasteiger partial charge >= 0.3 is 0 Å². The van der Waals surface area contributed by atoms with Crippen LogP contribution in [-0.4, -0.2) is 10.7 Å². The largest absolute Gasteiger partial charge is 0.421 e. The van der Waals surface area contributed by atoms with Crippen molar-refractivity contribution in [2.24, 2.45) is 5.41 Å². The molecule has 0 fully saturated rings. The Labute approximate surface area is 95.2 Å². The molecule has 0 saturated heterocycles. The van der Waals surface area contributed by atoms with E-state index < -0.39 is 5.60 Å². The van der Waals surface area contributed by atoms with E-state index in [4.69, 9.17) is 0 Å². The van der Waals surface area contributed by atoms with Crippen LogP contribution in [0.3, 0.4) is 0 Å². The molecular formula is C11H23OV-. The van der Waals surface area contributed by atoms with Crippen molar-refractivity contribution in [2.75, 3.05) is 0 Å². The van der Waals surface area contributed by atoms with E-state index in [1.165, 1.54) is 5.92 Å². The van der Waals surface area contributed by atoms with Gasteiger partial charge in [0.15, 0.2) is 0 Å². The van der Waals surface area contributed by atoms with Crippen molar-refractivity contribution in [2.45, 2.75) is 60.0 Å². The van der Waals surface area contributed by atoms with Gasteiger partial charge in [0, 0.05) is 18.6 Å². The van der Waals surface area contributed by atoms with Crippen LogP contribution in [0.25, 0.3) is 0 Å². The average molecular weight is 222 g/mol. The second kappa shape index (κ2) is 5.43. The maximum absolute atomic E-state index is 10.3. The van der Waals surface area contributed by atoms with Gasteiger partial charge < -0.3 is 5.11 Å². The van der Waals surface area contributed by atoms with Crippen molar-refractivity contribution >= 4 is 0 Å². The minimum absolute atomic E-state index is 0. The molecule has 79 valence electrons. The van der Waals surface area contributed by atoms with Gasteiger partial charge in [-0.1, -0.05) is 46.6 Å². The van der Waals surface area contributed by atoms with Crippen LogP contribution in [0.2, 0.25) is 0 Å². The summed E-state index contributed by atoms with van der Waals surface area (Å²) < 4.78 is 0. The predicted molar refractivity (Wildman–Crippen MR) is 53.9 cm³/mol. The molecule has 0 bridgehead atoms. The van der Waals surface area contributed by atoms with E-state index >= 15 is 0 Å². The van der Waals surface area contributed by atoms with Gasteiger partial charge in [-0.15, -0.1) is 0 Å². The van der Waals surface area contributed by atoms with Gasteiger partial charge in [-0.2, -0.15) is 13.3 Å². The molecule has 0 aliphatic heterocycles. The van der Waals surface area contributed by atoms with Crippen LogP contribution >= 0.6 is 0 Å². The summed E-state index contributed by atoms with van der Waals surface area (Å²) in [5.41, 5.74) is -0.649. The van der Waals surface area contributed by atoms with E-state index in [1.54, 1.807) is 0 Å². The number of hydrogen-bond acceptors (Lipinski definition) is 1. The second-order valence-corrected chi connectivity index (χ2v) is 4.44. The Balaban J connectivity index is 0. The molecule has 0 aromatic heterocycles. The molecule has 1 atom stereocenters. The summed E-state index contributed by atoms with van der Waals surface area (Å²) in [6.07, 6.45) is 1.95. The Kier molecular flexibility index (Phi) is 6.68. The summed E-state index contributed by atoms with van der Waals surface area (Å²) in [7, 11) is 0. The van der Waals surface area contributed by atoms with Crippen LogP contribution < -0.4 is 0 Å². The third kappa shape index (κ3) is 3.30. The smallest absolute Gasteiger partial charge is 0 e. The quantitative estimate of drug-likeness (QED) is 0.724. The van der Waals surface area contributed by atoms with Crippen molar-refractivity contribution < 1.29 is 23.7 Å². The van der Waals surface area contributed by atoms with E-state index in [1.807, 2.05) is 13.8 Å². The van der Waals surface area contributed by atoms with Gasteiger partial charge in [0.05, 0.1) is 0 Å². The van der Waals surface area contributed by atoms with Crippen LogP contribution in [-0.2, 0) is 18.6 Å². The van der Waals surface area contributed by atoms with E-state index in [9.17, 15) is 5.11 Å². The molecule has 0 aromatic rings. The topological polar surface area (TPSA) is 20.2 Å². The molecule has 0 saturated carbocycles. The van der Waals surface area contributed by atoms with E-state index in [0.717, 1.165) is 12.8 Å². The van der Waals surface area contributed by atoms with E-state index in [-0.39, 0.29) is 24.0 Å². The molecule has 0 rings (SSSR count). The van der Waals surface area contributed by atoms with E-state index in [2.05, 4.69) is 27.7 Å². The zero-order valence-electron chi connectivity index (χ0n) is 9.81. The molecule has 1 nitrogen and oxygen atoms in total. The van der Waals surface area contributed by atoms with Crippen molar-refractivity contribution in [3.8, 4) is 0 Å². The maximum atomic E-state index is 10.3. The third-order valence-corrected chi connectivity index (χ3v) is 3.56. The summed E-state index contributed by atoms with van der Waals surface area (Å²) in [5, 5.41) is 10.3. The first-order valence-corrected chi connectivity index (χ1v) is 4.84. The maximum Gasteiger partial charge on any atom is 0 e. The zero-order chi connectivity index (χ0) is 9.99. The first kappa shape index (κ1) is 16.0. The van der Waals surface area contributed by atoms with Gasteiger partial charge in [0.2, 0.25) is 0 Å². The zero-order valence-corrected chi connectivity index (χ0v) is 11.2. The summed E-state index contributed by atoms with van der Waals surface area (Å²) in [5.74, 6) is 1.18. The third-order valence-electron chi connectivity index (χ3n) is 3.56. The molecule has 1 unspecified atom stereocenters. The standard InChI is InChI=1S/C11H23O.V/c1-7-9(3)11(6,12)10(4,5)8-2;/h12H,7-8H2,1-6H3;/q-1;. The molecule has 0 aromatic carbocycles. The summed E-state index contributed by atoms with van der Waals surface area (Å²) >= 11 is 0. The van der Waals surface area contributed by atoms with Crippen LogP contribution in [0.5, 0.6) is 0 Å². The van der Waals surface area contributed by atoms with Gasteiger partial charge in [-0.05, 0) is 5.41 Å². The normalized spacial score (nSPS) is 16.6. The SMILES string of the molecule is CC[C-](C)C(C)(O)C(C)(C)CC.[V]. The molecular weight excluding hydrogens is 199 g/mol. The van der Waals surface area contributed by atoms with Crippen LogP contribution in [0.1, 0.15) is 54.4 Å². The molecule has 0 heterocycles. The van der Waals surface area contributed by atoms with Crippen molar-refractivity contribution in [1.29, 1.82) is 0 Å². The first-order valence-electron chi connectivity index (χ1n) is 4.84. The summed E-state index contributed by atoms with van der Waals surface area (Å²) in [6.45, 7) is 12.4. The molecule has 0 aliphatic rings. The Bertz CT molecular complexity index is 141. The minimum atomic E-state index is -0.628. The molecule has 2 heteroatoms. The van der Waals surface area contributed by atoms with Crippen LogP contribution in [0.15, 0.2) is 0 Å². The van der Waals surface area contributed by atoms with Gasteiger partial charge in [0.25, 0.3) is 0 Å². The fourth-order valence-electron chi connectivity index (χ4n) is 1.27. The Morgan fingerprint density at radius 3 is 1.77 bits per heavy atom. The van der Waals surface area contributed by atoms with Gasteiger partial charge in [0.1, 0.15) is 0 Å². The number of rotatable bonds is 4. The molecule has 0 amide bonds. The van der Waals surface area contributed by atoms with Crippen molar-refractivity contribution in [3.63, 3.8) is 0 Å². The van der Waals surface area contributed by atoms with Gasteiger partial charge in [-0.25, -0.2) is 0 Å². The van der Waals surface area contributed by atoms with E-state index in [0.29, 0.717) is 0 Å². The average Bonchev–Trinajstić information content (AvgIpc) is 2.02. The van der Waals surface area contributed by atoms with Crippen LogP contribution in [0.4, 0.5) is 0 Å². The molecule has 1 N–H and O–H groups in total. The fourth-order valence-corrected chi connectivity index (χ4v) is 1.27. The van der Waals surface area contributed by atoms with Crippen molar-refractivity contribution in [1.82, 2.24) is 0 Å². The molecule has 13 heavy (non-hydrogen) atoms. The predicted octanol–water partition coefficient (Wildman–Crippen LogP) is 3.18. The second-order valence-electron chi connectivity index (χ2n) is 4.44. The Hall–Kier alpha value is 0.544.